The normalized spacial score (nSPS) is 25.2. The summed E-state index contributed by atoms with van der Waals surface area (Å²) in [6.07, 6.45) is 7.32. The number of benzene rings is 1. The third-order valence-corrected chi connectivity index (χ3v) is 6.19. The van der Waals surface area contributed by atoms with Gasteiger partial charge >= 0.3 is 5.97 Å². The van der Waals surface area contributed by atoms with Crippen LogP contribution in [0, 0.1) is 5.92 Å². The molecule has 2 fully saturated rings. The molecule has 3 rings (SSSR count). The maximum absolute atomic E-state index is 13.2. The van der Waals surface area contributed by atoms with Gasteiger partial charge in [-0.15, -0.1) is 0 Å². The number of ether oxygens (including phenoxy) is 1. The molecule has 154 valence electrons. The molecule has 5 heteroatoms. The summed E-state index contributed by atoms with van der Waals surface area (Å²) in [5, 5.41) is 3.33. The molecule has 1 aromatic carbocycles. The highest BCUT2D eigenvalue weighted by atomic mass is 16.5. The number of fused-ring (bicyclic) bond motifs is 1. The Balaban J connectivity index is 1.68. The Morgan fingerprint density at radius 3 is 2.71 bits per heavy atom. The van der Waals surface area contributed by atoms with Gasteiger partial charge in [0.25, 0.3) is 0 Å². The van der Waals surface area contributed by atoms with E-state index in [0.717, 1.165) is 50.6 Å². The fourth-order valence-corrected chi connectivity index (χ4v) is 4.62. The van der Waals surface area contributed by atoms with E-state index in [1.54, 1.807) is 0 Å². The van der Waals surface area contributed by atoms with Gasteiger partial charge in [0.15, 0.2) is 0 Å². The first kappa shape index (κ1) is 20.8. The van der Waals surface area contributed by atoms with E-state index in [0.29, 0.717) is 5.92 Å². The Bertz CT molecular complexity index is 649. The number of carbonyl (C=O) groups excluding carboxylic acids is 2. The lowest BCUT2D eigenvalue weighted by Gasteiger charge is -2.35. The SMILES string of the molecule is CCCCN[C@@H](C)C(=O)N1C2CCCC[C@H]2C[C@H]1C(=O)OCc1ccccc1. The Morgan fingerprint density at radius 1 is 1.21 bits per heavy atom. The third kappa shape index (κ3) is 4.93. The number of likely N-dealkylation sites (tertiary alicyclic amines) is 1. The largest absolute Gasteiger partial charge is 0.459 e. The van der Waals surface area contributed by atoms with Crippen LogP contribution in [-0.4, -0.2) is 41.4 Å². The number of hydrogen-bond acceptors (Lipinski definition) is 4. The quantitative estimate of drug-likeness (QED) is 0.547. The van der Waals surface area contributed by atoms with Crippen LogP contribution in [0.25, 0.3) is 0 Å². The molecule has 1 heterocycles. The summed E-state index contributed by atoms with van der Waals surface area (Å²) in [6, 6.07) is 9.19. The lowest BCUT2D eigenvalue weighted by Crippen LogP contribution is -2.53. The van der Waals surface area contributed by atoms with Crippen molar-refractivity contribution < 1.29 is 14.3 Å². The summed E-state index contributed by atoms with van der Waals surface area (Å²) in [5.41, 5.74) is 0.971. The van der Waals surface area contributed by atoms with Crippen molar-refractivity contribution in [3.8, 4) is 0 Å². The first-order chi connectivity index (χ1) is 13.6. The van der Waals surface area contributed by atoms with Gasteiger partial charge in [0.2, 0.25) is 5.91 Å². The van der Waals surface area contributed by atoms with Gasteiger partial charge in [-0.1, -0.05) is 56.5 Å². The Kier molecular flexibility index (Phi) is 7.49. The molecule has 1 aromatic rings. The number of amides is 1. The van der Waals surface area contributed by atoms with Crippen LogP contribution in [0.4, 0.5) is 0 Å². The predicted molar refractivity (Wildman–Crippen MR) is 110 cm³/mol. The van der Waals surface area contributed by atoms with Gasteiger partial charge < -0.3 is 15.0 Å². The van der Waals surface area contributed by atoms with E-state index < -0.39 is 6.04 Å². The van der Waals surface area contributed by atoms with Crippen molar-refractivity contribution in [2.45, 2.75) is 83.5 Å². The van der Waals surface area contributed by atoms with Gasteiger partial charge in [0, 0.05) is 6.04 Å². The zero-order valence-corrected chi connectivity index (χ0v) is 17.2. The van der Waals surface area contributed by atoms with Gasteiger partial charge in [-0.3, -0.25) is 4.79 Å². The average Bonchev–Trinajstić information content (AvgIpc) is 3.12. The molecule has 1 amide bonds. The second-order valence-electron chi connectivity index (χ2n) is 8.23. The summed E-state index contributed by atoms with van der Waals surface area (Å²) in [7, 11) is 0. The number of nitrogens with zero attached hydrogens (tertiary/aromatic N) is 1. The summed E-state index contributed by atoms with van der Waals surface area (Å²) in [6.45, 7) is 5.15. The summed E-state index contributed by atoms with van der Waals surface area (Å²) < 4.78 is 5.62. The minimum Gasteiger partial charge on any atom is -0.459 e. The lowest BCUT2D eigenvalue weighted by atomic mass is 9.84. The van der Waals surface area contributed by atoms with E-state index in [1.165, 1.54) is 6.42 Å². The van der Waals surface area contributed by atoms with E-state index in [-0.39, 0.29) is 30.6 Å². The average molecular weight is 387 g/mol. The minimum absolute atomic E-state index is 0.0483. The van der Waals surface area contributed by atoms with Gasteiger partial charge in [0.1, 0.15) is 12.6 Å². The second-order valence-corrected chi connectivity index (χ2v) is 8.23. The van der Waals surface area contributed by atoms with Crippen molar-refractivity contribution in [3.05, 3.63) is 35.9 Å². The molecule has 0 bridgehead atoms. The Hall–Kier alpha value is -1.88. The van der Waals surface area contributed by atoms with Crippen LogP contribution >= 0.6 is 0 Å². The van der Waals surface area contributed by atoms with Crippen molar-refractivity contribution >= 4 is 11.9 Å². The molecule has 28 heavy (non-hydrogen) atoms. The molecule has 0 spiro atoms. The zero-order valence-electron chi connectivity index (χ0n) is 17.2. The molecule has 1 aliphatic heterocycles. The van der Waals surface area contributed by atoms with Crippen molar-refractivity contribution in [1.82, 2.24) is 10.2 Å². The first-order valence-electron chi connectivity index (χ1n) is 10.9. The summed E-state index contributed by atoms with van der Waals surface area (Å²) in [4.78, 5) is 28.0. The standard InChI is InChI=1S/C23H34N2O3/c1-3-4-14-24-17(2)22(26)25-20-13-9-8-12-19(20)15-21(25)23(27)28-16-18-10-6-5-7-11-18/h5-7,10-11,17,19-21,24H,3-4,8-9,12-16H2,1-2H3/t17-,19-,20?,21-/m0/s1. The minimum atomic E-state index is -0.445. The van der Waals surface area contributed by atoms with Crippen LogP contribution in [0.1, 0.15) is 64.4 Å². The number of nitrogens with one attached hydrogen (secondary N) is 1. The highest BCUT2D eigenvalue weighted by molar-refractivity contribution is 5.88. The first-order valence-corrected chi connectivity index (χ1v) is 10.9. The third-order valence-electron chi connectivity index (χ3n) is 6.19. The number of esters is 1. The highest BCUT2D eigenvalue weighted by Gasteiger charge is 2.48. The van der Waals surface area contributed by atoms with E-state index in [9.17, 15) is 9.59 Å². The lowest BCUT2D eigenvalue weighted by molar-refractivity contribution is -0.156. The summed E-state index contributed by atoms with van der Waals surface area (Å²) in [5.74, 6) is 0.217. The molecule has 0 radical (unpaired) electrons. The fraction of sp³-hybridized carbons (Fsp3) is 0.652. The summed E-state index contributed by atoms with van der Waals surface area (Å²) >= 11 is 0. The molecule has 1 aliphatic carbocycles. The number of rotatable bonds is 8. The molecule has 4 atom stereocenters. The molecule has 1 N–H and O–H groups in total. The number of unbranched alkanes of at least 4 members (excludes halogenated alkanes) is 1. The van der Waals surface area contributed by atoms with Crippen LogP contribution in [0.2, 0.25) is 0 Å². The van der Waals surface area contributed by atoms with Crippen LogP contribution in [0.5, 0.6) is 0 Å². The number of carbonyl (C=O) groups is 2. The smallest absolute Gasteiger partial charge is 0.329 e. The molecule has 5 nitrogen and oxygen atoms in total. The maximum Gasteiger partial charge on any atom is 0.329 e. The topological polar surface area (TPSA) is 58.6 Å². The molecule has 1 unspecified atom stereocenters. The van der Waals surface area contributed by atoms with Crippen LogP contribution in [0.3, 0.4) is 0 Å². The molecular formula is C23H34N2O3. The van der Waals surface area contributed by atoms with Crippen molar-refractivity contribution in [3.63, 3.8) is 0 Å². The van der Waals surface area contributed by atoms with Crippen molar-refractivity contribution in [1.29, 1.82) is 0 Å². The van der Waals surface area contributed by atoms with Crippen LogP contribution < -0.4 is 5.32 Å². The monoisotopic (exact) mass is 386 g/mol. The van der Waals surface area contributed by atoms with Gasteiger partial charge in [-0.05, 0) is 50.6 Å². The van der Waals surface area contributed by atoms with Crippen molar-refractivity contribution in [2.75, 3.05) is 6.54 Å². The Morgan fingerprint density at radius 2 is 1.96 bits per heavy atom. The van der Waals surface area contributed by atoms with E-state index in [2.05, 4.69) is 12.2 Å². The van der Waals surface area contributed by atoms with Crippen LogP contribution in [0.15, 0.2) is 30.3 Å². The molecule has 1 saturated carbocycles. The number of hydrogen-bond donors (Lipinski definition) is 1. The predicted octanol–water partition coefficient (Wildman–Crippen LogP) is 3.67. The van der Waals surface area contributed by atoms with Crippen molar-refractivity contribution in [2.24, 2.45) is 5.92 Å². The Labute approximate surface area is 168 Å². The van der Waals surface area contributed by atoms with Gasteiger partial charge in [-0.2, -0.15) is 0 Å². The van der Waals surface area contributed by atoms with Crippen LogP contribution in [-0.2, 0) is 20.9 Å². The maximum atomic E-state index is 13.2. The highest BCUT2D eigenvalue weighted by Crippen LogP contribution is 2.40. The molecular weight excluding hydrogens is 352 g/mol. The molecule has 1 saturated heterocycles. The van der Waals surface area contributed by atoms with Gasteiger partial charge in [-0.25, -0.2) is 4.79 Å². The van der Waals surface area contributed by atoms with E-state index in [4.69, 9.17) is 4.74 Å². The zero-order chi connectivity index (χ0) is 19.9. The van der Waals surface area contributed by atoms with E-state index >= 15 is 0 Å². The molecule has 2 aliphatic rings. The van der Waals surface area contributed by atoms with Gasteiger partial charge in [0.05, 0.1) is 6.04 Å². The van der Waals surface area contributed by atoms with E-state index in [1.807, 2.05) is 42.2 Å². The second kappa shape index (κ2) is 10.1. The fourth-order valence-electron chi connectivity index (χ4n) is 4.62. The molecule has 0 aromatic heterocycles.